The zero-order valence-electron chi connectivity index (χ0n) is 12.0. The lowest BCUT2D eigenvalue weighted by atomic mass is 10.2. The maximum Gasteiger partial charge on any atom is 0.255 e. The van der Waals surface area contributed by atoms with Gasteiger partial charge in [0, 0.05) is 4.47 Å². The van der Waals surface area contributed by atoms with Crippen LogP contribution in [0.15, 0.2) is 57.2 Å². The average molecular weight is 435 g/mol. The second-order valence-electron chi connectivity index (χ2n) is 4.69. The number of hydrogen-bond donors (Lipinski definition) is 2. The Kier molecular flexibility index (Phi) is 5.43. The highest BCUT2D eigenvalue weighted by atomic mass is 79.9. The minimum absolute atomic E-state index is 0.460. The Morgan fingerprint density at radius 2 is 1.67 bits per heavy atom. The molecule has 0 unspecified atom stereocenters. The Morgan fingerprint density at radius 3 is 2.25 bits per heavy atom. The molecule has 24 heavy (non-hydrogen) atoms. The average Bonchev–Trinajstić information content (AvgIpc) is 2.45. The summed E-state index contributed by atoms with van der Waals surface area (Å²) in [6.07, 6.45) is 1.31. The molecular weight excluding hydrogens is 423 g/mol. The summed E-state index contributed by atoms with van der Waals surface area (Å²) in [6, 6.07) is 9.31. The van der Waals surface area contributed by atoms with Gasteiger partial charge in [-0.3, -0.25) is 4.72 Å². The fraction of sp³-hybridized carbons (Fsp3) is 0. The Labute approximate surface area is 147 Å². The van der Waals surface area contributed by atoms with Gasteiger partial charge < -0.3 is 0 Å². The van der Waals surface area contributed by atoms with E-state index in [-0.39, 0.29) is 0 Å². The summed E-state index contributed by atoms with van der Waals surface area (Å²) in [5, 5.41) is 5.84. The Balaban J connectivity index is 2.33. The van der Waals surface area contributed by atoms with Crippen molar-refractivity contribution in [3.8, 4) is 0 Å². The highest BCUT2D eigenvalue weighted by molar-refractivity contribution is 9.10. The summed E-state index contributed by atoms with van der Waals surface area (Å²) in [5.74, 6) is -0.808. The van der Waals surface area contributed by atoms with E-state index in [1.54, 1.807) is 24.3 Å². The zero-order chi connectivity index (χ0) is 18.0. The van der Waals surface area contributed by atoms with Crippen molar-refractivity contribution in [2.75, 3.05) is 4.72 Å². The van der Waals surface area contributed by atoms with Gasteiger partial charge in [-0.2, -0.15) is 0 Å². The predicted molar refractivity (Wildman–Crippen MR) is 93.5 cm³/mol. The number of rotatable bonds is 5. The third kappa shape index (κ3) is 5.13. The van der Waals surface area contributed by atoms with Crippen LogP contribution < -0.4 is 9.86 Å². The monoisotopic (exact) mass is 434 g/mol. The van der Waals surface area contributed by atoms with Crippen molar-refractivity contribution in [1.82, 2.24) is 0 Å². The molecule has 0 heterocycles. The van der Waals surface area contributed by atoms with Crippen LogP contribution in [0.5, 0.6) is 0 Å². The summed E-state index contributed by atoms with van der Waals surface area (Å²) in [7, 11) is -8.29. The number of halogens is 2. The van der Waals surface area contributed by atoms with Crippen LogP contribution in [-0.4, -0.2) is 16.8 Å². The lowest BCUT2D eigenvalue weighted by Gasteiger charge is -2.09. The second-order valence-corrected chi connectivity index (χ2v) is 8.70. The smallest absolute Gasteiger partial charge is 0.255 e. The van der Waals surface area contributed by atoms with Crippen molar-refractivity contribution in [3.63, 3.8) is 0 Å². The standard InChI is InChI=1S/C14H12BrFN2O4S2/c15-11-3-1-10(2-4-11)7-8-23(19,20)18-13-9-12(16)5-6-14(13)24(17,21)22/h1-9,18H,(H2,17,21,22). The van der Waals surface area contributed by atoms with E-state index in [1.807, 2.05) is 4.72 Å². The second kappa shape index (κ2) is 7.01. The number of benzene rings is 2. The number of hydrogen-bond acceptors (Lipinski definition) is 4. The topological polar surface area (TPSA) is 106 Å². The highest BCUT2D eigenvalue weighted by Gasteiger charge is 2.18. The summed E-state index contributed by atoms with van der Waals surface area (Å²) in [5.41, 5.74) is 0.146. The molecule has 3 N–H and O–H groups in total. The molecule has 0 saturated heterocycles. The van der Waals surface area contributed by atoms with Crippen LogP contribution >= 0.6 is 15.9 Å². The van der Waals surface area contributed by atoms with Crippen molar-refractivity contribution < 1.29 is 21.2 Å². The molecule has 0 aromatic heterocycles. The number of anilines is 1. The Bertz CT molecular complexity index is 988. The number of sulfonamides is 2. The molecule has 2 rings (SSSR count). The quantitative estimate of drug-likeness (QED) is 0.753. The molecule has 2 aromatic carbocycles. The zero-order valence-corrected chi connectivity index (χ0v) is 15.2. The maximum atomic E-state index is 13.3. The molecule has 0 atom stereocenters. The first kappa shape index (κ1) is 18.6. The molecule has 0 aliphatic carbocycles. The molecule has 6 nitrogen and oxygen atoms in total. The molecule has 0 spiro atoms. The highest BCUT2D eigenvalue weighted by Crippen LogP contribution is 2.23. The van der Waals surface area contributed by atoms with Gasteiger partial charge in [0.15, 0.2) is 0 Å². The molecule has 0 radical (unpaired) electrons. The van der Waals surface area contributed by atoms with E-state index in [0.717, 1.165) is 28.1 Å². The van der Waals surface area contributed by atoms with E-state index < -0.39 is 36.4 Å². The first-order chi connectivity index (χ1) is 11.1. The van der Waals surface area contributed by atoms with Crippen LogP contribution in [0.1, 0.15) is 5.56 Å². The Hall–Kier alpha value is -1.75. The first-order valence-electron chi connectivity index (χ1n) is 6.36. The van der Waals surface area contributed by atoms with Crippen molar-refractivity contribution in [2.24, 2.45) is 5.14 Å². The van der Waals surface area contributed by atoms with Crippen LogP contribution in [0.4, 0.5) is 10.1 Å². The third-order valence-electron chi connectivity index (χ3n) is 2.81. The molecule has 0 aliphatic rings. The molecule has 0 amide bonds. The van der Waals surface area contributed by atoms with E-state index in [2.05, 4.69) is 15.9 Å². The number of nitrogens with one attached hydrogen (secondary N) is 1. The van der Waals surface area contributed by atoms with Gasteiger partial charge in [-0.1, -0.05) is 28.1 Å². The van der Waals surface area contributed by atoms with Crippen LogP contribution in [-0.2, 0) is 20.0 Å². The van der Waals surface area contributed by atoms with Crippen molar-refractivity contribution in [2.45, 2.75) is 4.90 Å². The van der Waals surface area contributed by atoms with Gasteiger partial charge in [0.05, 0.1) is 11.1 Å². The van der Waals surface area contributed by atoms with Gasteiger partial charge in [-0.25, -0.2) is 26.4 Å². The molecule has 10 heteroatoms. The SMILES string of the molecule is NS(=O)(=O)c1ccc(F)cc1NS(=O)(=O)C=Cc1ccc(Br)cc1. The lowest BCUT2D eigenvalue weighted by molar-refractivity contribution is 0.597. The number of nitrogens with two attached hydrogens (primary N) is 1. The maximum absolute atomic E-state index is 13.3. The molecular formula is C14H12BrFN2O4S2. The molecule has 2 aromatic rings. The van der Waals surface area contributed by atoms with E-state index in [1.165, 1.54) is 6.08 Å². The summed E-state index contributed by atoms with van der Waals surface area (Å²) in [6.45, 7) is 0. The summed E-state index contributed by atoms with van der Waals surface area (Å²) in [4.78, 5) is -0.524. The number of primary sulfonamides is 1. The summed E-state index contributed by atoms with van der Waals surface area (Å²) < 4.78 is 63.2. The van der Waals surface area contributed by atoms with Crippen LogP contribution in [0, 0.1) is 5.82 Å². The van der Waals surface area contributed by atoms with Gasteiger partial charge in [-0.15, -0.1) is 0 Å². The molecule has 0 aliphatic heterocycles. The molecule has 0 bridgehead atoms. The van der Waals surface area contributed by atoms with Gasteiger partial charge >= 0.3 is 0 Å². The molecule has 0 saturated carbocycles. The van der Waals surface area contributed by atoms with E-state index in [9.17, 15) is 21.2 Å². The predicted octanol–water partition coefficient (Wildman–Crippen LogP) is 2.65. The van der Waals surface area contributed by atoms with Gasteiger partial charge in [0.2, 0.25) is 10.0 Å². The van der Waals surface area contributed by atoms with E-state index in [4.69, 9.17) is 5.14 Å². The van der Waals surface area contributed by atoms with Crippen molar-refractivity contribution in [1.29, 1.82) is 0 Å². The fourth-order valence-electron chi connectivity index (χ4n) is 1.76. The first-order valence-corrected chi connectivity index (χ1v) is 10.2. The van der Waals surface area contributed by atoms with Crippen LogP contribution in [0.25, 0.3) is 6.08 Å². The van der Waals surface area contributed by atoms with Gasteiger partial charge in [0.25, 0.3) is 10.0 Å². The van der Waals surface area contributed by atoms with Crippen LogP contribution in [0.3, 0.4) is 0 Å². The molecule has 0 fully saturated rings. The lowest BCUT2D eigenvalue weighted by Crippen LogP contribution is -2.17. The van der Waals surface area contributed by atoms with E-state index >= 15 is 0 Å². The summed E-state index contributed by atoms with van der Waals surface area (Å²) >= 11 is 3.25. The minimum atomic E-state index is -4.22. The molecule has 128 valence electrons. The largest absolute Gasteiger partial charge is 0.279 e. The van der Waals surface area contributed by atoms with E-state index in [0.29, 0.717) is 5.56 Å². The minimum Gasteiger partial charge on any atom is -0.279 e. The van der Waals surface area contributed by atoms with Crippen molar-refractivity contribution in [3.05, 3.63) is 63.7 Å². The third-order valence-corrected chi connectivity index (χ3v) is 5.31. The van der Waals surface area contributed by atoms with Gasteiger partial charge in [-0.05, 0) is 42.0 Å². The normalized spacial score (nSPS) is 12.5. The van der Waals surface area contributed by atoms with Crippen LogP contribution in [0.2, 0.25) is 0 Å². The fourth-order valence-corrected chi connectivity index (χ4v) is 3.64. The van der Waals surface area contributed by atoms with Gasteiger partial charge in [0.1, 0.15) is 10.7 Å². The van der Waals surface area contributed by atoms with Crippen molar-refractivity contribution >= 4 is 47.7 Å². The Morgan fingerprint density at radius 1 is 1.04 bits per heavy atom.